The molecular weight excluding hydrogens is 486 g/mol. The maximum atomic E-state index is 13.6. The normalized spacial score (nSPS) is 11.4. The Labute approximate surface area is 215 Å². The molecule has 0 atom stereocenters. The molecular formula is C27H23N7O2S. The summed E-state index contributed by atoms with van der Waals surface area (Å²) in [5.74, 6) is 1.17. The highest BCUT2D eigenvalue weighted by Crippen LogP contribution is 2.31. The fourth-order valence-corrected chi connectivity index (χ4v) is 5.58. The molecule has 6 rings (SSSR count). The Balaban J connectivity index is 1.42. The van der Waals surface area contributed by atoms with Gasteiger partial charge in [-0.3, -0.25) is 19.0 Å². The highest BCUT2D eigenvalue weighted by Gasteiger charge is 2.22. The van der Waals surface area contributed by atoms with Gasteiger partial charge in [0, 0.05) is 31.7 Å². The molecule has 0 saturated carbocycles. The molecule has 9 nitrogen and oxygen atoms in total. The van der Waals surface area contributed by atoms with Gasteiger partial charge in [-0.15, -0.1) is 11.3 Å². The first kappa shape index (κ1) is 22.9. The highest BCUT2D eigenvalue weighted by atomic mass is 32.1. The molecule has 0 spiro atoms. The van der Waals surface area contributed by atoms with Gasteiger partial charge >= 0.3 is 0 Å². The molecule has 5 heterocycles. The van der Waals surface area contributed by atoms with Gasteiger partial charge in [0.05, 0.1) is 27.8 Å². The molecule has 0 bridgehead atoms. The number of hydrogen-bond acceptors (Lipinski definition) is 7. The SMILES string of the molecule is Cc1nccn1CCNc1ccc2c(=O)c(C(=O)NCc3ccccn3)c3sc4ccccc4n3c2n1. The number of pyridine rings is 3. The van der Waals surface area contributed by atoms with E-state index in [0.29, 0.717) is 33.9 Å². The number of rotatable bonds is 7. The lowest BCUT2D eigenvalue weighted by Crippen LogP contribution is -2.29. The van der Waals surface area contributed by atoms with Gasteiger partial charge in [0.1, 0.15) is 22.0 Å². The van der Waals surface area contributed by atoms with Crippen LogP contribution >= 0.6 is 11.3 Å². The van der Waals surface area contributed by atoms with Crippen LogP contribution in [-0.4, -0.2) is 36.4 Å². The van der Waals surface area contributed by atoms with Gasteiger partial charge < -0.3 is 15.2 Å². The Hall–Kier alpha value is -4.57. The van der Waals surface area contributed by atoms with Crippen LogP contribution in [0.5, 0.6) is 0 Å². The predicted molar refractivity (Wildman–Crippen MR) is 145 cm³/mol. The van der Waals surface area contributed by atoms with E-state index < -0.39 is 5.91 Å². The van der Waals surface area contributed by atoms with Crippen molar-refractivity contribution in [3.05, 3.63) is 100 Å². The smallest absolute Gasteiger partial charge is 0.258 e. The number of para-hydroxylation sites is 1. The predicted octanol–water partition coefficient (Wildman–Crippen LogP) is 4.00. The fraction of sp³-hybridized carbons (Fsp3) is 0.148. The minimum absolute atomic E-state index is 0.114. The van der Waals surface area contributed by atoms with E-state index >= 15 is 0 Å². The van der Waals surface area contributed by atoms with Crippen LogP contribution in [0.2, 0.25) is 0 Å². The number of carbonyl (C=O) groups excluding carboxylic acids is 1. The number of thiazole rings is 1. The van der Waals surface area contributed by atoms with Crippen LogP contribution in [0.4, 0.5) is 5.82 Å². The van der Waals surface area contributed by atoms with Crippen molar-refractivity contribution in [2.45, 2.75) is 20.0 Å². The number of anilines is 1. The molecule has 0 aliphatic heterocycles. The van der Waals surface area contributed by atoms with Gasteiger partial charge in [-0.25, -0.2) is 9.97 Å². The monoisotopic (exact) mass is 509 g/mol. The minimum Gasteiger partial charge on any atom is -0.368 e. The molecule has 0 unspecified atom stereocenters. The maximum Gasteiger partial charge on any atom is 0.258 e. The summed E-state index contributed by atoms with van der Waals surface area (Å²) in [6.07, 6.45) is 5.38. The average molecular weight is 510 g/mol. The molecule has 5 aromatic heterocycles. The highest BCUT2D eigenvalue weighted by molar-refractivity contribution is 7.24. The third-order valence-corrected chi connectivity index (χ3v) is 7.40. The van der Waals surface area contributed by atoms with E-state index in [0.717, 1.165) is 22.6 Å². The van der Waals surface area contributed by atoms with Crippen molar-refractivity contribution in [1.29, 1.82) is 0 Å². The van der Waals surface area contributed by atoms with Gasteiger partial charge in [0.2, 0.25) is 5.43 Å². The first-order valence-electron chi connectivity index (χ1n) is 11.9. The summed E-state index contributed by atoms with van der Waals surface area (Å²) < 4.78 is 4.93. The number of nitrogens with zero attached hydrogens (tertiary/aromatic N) is 5. The van der Waals surface area contributed by atoms with Crippen molar-refractivity contribution < 1.29 is 4.79 Å². The zero-order valence-electron chi connectivity index (χ0n) is 20.0. The Morgan fingerprint density at radius 2 is 1.89 bits per heavy atom. The summed E-state index contributed by atoms with van der Waals surface area (Å²) in [6.45, 7) is 3.57. The largest absolute Gasteiger partial charge is 0.368 e. The minimum atomic E-state index is -0.431. The Morgan fingerprint density at radius 1 is 1.03 bits per heavy atom. The second-order valence-corrected chi connectivity index (χ2v) is 9.61. The molecule has 0 fully saturated rings. The topological polar surface area (TPSA) is 106 Å². The summed E-state index contributed by atoms with van der Waals surface area (Å²) in [6, 6.07) is 16.9. The number of carbonyl (C=O) groups is 1. The van der Waals surface area contributed by atoms with Gasteiger partial charge in [-0.05, 0) is 43.3 Å². The number of aryl methyl sites for hydroxylation is 1. The third kappa shape index (κ3) is 4.21. The molecule has 0 aliphatic rings. The van der Waals surface area contributed by atoms with E-state index in [9.17, 15) is 9.59 Å². The quantitative estimate of drug-likeness (QED) is 0.337. The second kappa shape index (κ2) is 9.47. The molecule has 10 heteroatoms. The van der Waals surface area contributed by atoms with E-state index in [-0.39, 0.29) is 17.5 Å². The zero-order chi connectivity index (χ0) is 25.4. The molecule has 6 aromatic rings. The Kier molecular flexibility index (Phi) is 5.85. The lowest BCUT2D eigenvalue weighted by atomic mass is 10.1. The lowest BCUT2D eigenvalue weighted by molar-refractivity contribution is 0.0951. The first-order chi connectivity index (χ1) is 18.1. The molecule has 0 saturated heterocycles. The summed E-state index contributed by atoms with van der Waals surface area (Å²) in [7, 11) is 0. The molecule has 37 heavy (non-hydrogen) atoms. The first-order valence-corrected chi connectivity index (χ1v) is 12.7. The van der Waals surface area contributed by atoms with Crippen molar-refractivity contribution in [3.8, 4) is 0 Å². The molecule has 0 radical (unpaired) electrons. The van der Waals surface area contributed by atoms with Crippen LogP contribution in [0.25, 0.3) is 26.1 Å². The molecule has 2 N–H and O–H groups in total. The van der Waals surface area contributed by atoms with Crippen LogP contribution in [0, 0.1) is 6.92 Å². The number of benzene rings is 1. The molecule has 184 valence electrons. The number of amides is 1. The zero-order valence-corrected chi connectivity index (χ0v) is 20.8. The van der Waals surface area contributed by atoms with Crippen molar-refractivity contribution in [2.24, 2.45) is 0 Å². The van der Waals surface area contributed by atoms with Crippen LogP contribution in [0.3, 0.4) is 0 Å². The number of nitrogens with one attached hydrogen (secondary N) is 2. The van der Waals surface area contributed by atoms with Gasteiger partial charge in [0.15, 0.2) is 5.65 Å². The van der Waals surface area contributed by atoms with Crippen LogP contribution in [0.1, 0.15) is 21.9 Å². The maximum absolute atomic E-state index is 13.6. The number of fused-ring (bicyclic) bond motifs is 5. The molecule has 1 aromatic carbocycles. The Bertz CT molecular complexity index is 1820. The lowest BCUT2D eigenvalue weighted by Gasteiger charge is -2.11. The summed E-state index contributed by atoms with van der Waals surface area (Å²) in [4.78, 5) is 40.9. The van der Waals surface area contributed by atoms with E-state index in [2.05, 4.69) is 25.2 Å². The average Bonchev–Trinajstić information content (AvgIpc) is 3.51. The second-order valence-electron chi connectivity index (χ2n) is 8.58. The summed E-state index contributed by atoms with van der Waals surface area (Å²) in [5, 5.41) is 6.60. The third-order valence-electron chi connectivity index (χ3n) is 6.25. The van der Waals surface area contributed by atoms with Crippen LogP contribution < -0.4 is 16.1 Å². The Morgan fingerprint density at radius 3 is 2.70 bits per heavy atom. The summed E-state index contributed by atoms with van der Waals surface area (Å²) >= 11 is 1.41. The van der Waals surface area contributed by atoms with Crippen LogP contribution in [-0.2, 0) is 13.1 Å². The van der Waals surface area contributed by atoms with Gasteiger partial charge in [-0.2, -0.15) is 0 Å². The standard InChI is InChI=1S/C27H23N7O2S/c1-17-28-12-14-33(17)15-13-30-22-10-9-19-24(35)23(26(36)31-16-18-6-4-5-11-29-18)27-34(25(19)32-22)20-7-2-3-8-21(20)37-27/h2-12,14H,13,15-16H2,1H3,(H,30,32)(H,31,36). The number of aromatic nitrogens is 5. The van der Waals surface area contributed by atoms with E-state index in [4.69, 9.17) is 4.98 Å². The van der Waals surface area contributed by atoms with Gasteiger partial charge in [0.25, 0.3) is 5.91 Å². The molecule has 0 aliphatic carbocycles. The van der Waals surface area contributed by atoms with Crippen LogP contribution in [0.15, 0.2) is 78.0 Å². The van der Waals surface area contributed by atoms with Crippen molar-refractivity contribution in [3.63, 3.8) is 0 Å². The van der Waals surface area contributed by atoms with Crippen molar-refractivity contribution in [1.82, 2.24) is 29.2 Å². The number of imidazole rings is 1. The summed E-state index contributed by atoms with van der Waals surface area (Å²) in [5.41, 5.74) is 1.90. The van der Waals surface area contributed by atoms with E-state index in [1.165, 1.54) is 11.3 Å². The fourth-order valence-electron chi connectivity index (χ4n) is 4.39. The number of hydrogen-bond donors (Lipinski definition) is 2. The van der Waals surface area contributed by atoms with E-state index in [1.54, 1.807) is 24.5 Å². The van der Waals surface area contributed by atoms with Gasteiger partial charge in [-0.1, -0.05) is 18.2 Å². The molecule has 1 amide bonds. The van der Waals surface area contributed by atoms with Crippen molar-refractivity contribution in [2.75, 3.05) is 11.9 Å². The van der Waals surface area contributed by atoms with Crippen molar-refractivity contribution >= 4 is 49.1 Å². The van der Waals surface area contributed by atoms with E-state index in [1.807, 2.05) is 60.0 Å².